The fraction of sp³-hybridized carbons (Fsp3) is 0.783. The third-order valence-electron chi connectivity index (χ3n) is 6.56. The largest absolute Gasteiger partial charge is 0.481 e. The molecule has 210 valence electrons. The topological polar surface area (TPSA) is 174 Å². The van der Waals surface area contributed by atoms with Crippen LogP contribution >= 0.6 is 0 Å². The first-order chi connectivity index (χ1) is 17.5. The van der Waals surface area contributed by atoms with Crippen molar-refractivity contribution < 1.29 is 39.3 Å². The van der Waals surface area contributed by atoms with Crippen molar-refractivity contribution >= 4 is 29.7 Å². The molecular formula is C23H40N6O8. The van der Waals surface area contributed by atoms with Gasteiger partial charge in [-0.3, -0.25) is 43.6 Å². The molecule has 0 spiro atoms. The van der Waals surface area contributed by atoms with E-state index in [0.717, 1.165) is 0 Å². The molecule has 2 rings (SSSR count). The lowest BCUT2D eigenvalue weighted by Gasteiger charge is -2.36. The molecule has 14 heteroatoms. The van der Waals surface area contributed by atoms with Gasteiger partial charge in [-0.1, -0.05) is 0 Å². The summed E-state index contributed by atoms with van der Waals surface area (Å²) < 4.78 is 0. The second-order valence-electron chi connectivity index (χ2n) is 9.67. The van der Waals surface area contributed by atoms with Crippen molar-refractivity contribution in [3.05, 3.63) is 0 Å². The van der Waals surface area contributed by atoms with Gasteiger partial charge in [0.1, 0.15) is 0 Å². The van der Waals surface area contributed by atoms with Crippen LogP contribution in [0.3, 0.4) is 0 Å². The van der Waals surface area contributed by atoms with Crippen LogP contribution in [0.15, 0.2) is 0 Å². The Hall–Kier alpha value is -2.81. The van der Waals surface area contributed by atoms with Gasteiger partial charge < -0.3 is 25.5 Å². The second-order valence-corrected chi connectivity index (χ2v) is 9.67. The predicted molar refractivity (Wildman–Crippen MR) is 132 cm³/mol. The van der Waals surface area contributed by atoms with E-state index in [1.54, 1.807) is 21.6 Å². The van der Waals surface area contributed by atoms with Crippen LogP contribution in [0, 0.1) is 0 Å². The monoisotopic (exact) mass is 528 g/mol. The van der Waals surface area contributed by atoms with Gasteiger partial charge in [-0.15, -0.1) is 0 Å². The molecule has 2 aliphatic rings. The van der Waals surface area contributed by atoms with Gasteiger partial charge >= 0.3 is 17.9 Å². The zero-order valence-electron chi connectivity index (χ0n) is 21.5. The number of nitrogens with one attached hydrogen (secondary N) is 1. The van der Waals surface area contributed by atoms with Crippen molar-refractivity contribution in [2.75, 3.05) is 91.6 Å². The molecule has 2 amide bonds. The number of aliphatic carboxylic acids is 3. The average molecular weight is 529 g/mol. The fourth-order valence-corrected chi connectivity index (χ4v) is 4.42. The lowest BCUT2D eigenvalue weighted by molar-refractivity contribution is -0.140. The lowest BCUT2D eigenvalue weighted by atomic mass is 10.2. The Morgan fingerprint density at radius 1 is 0.622 bits per heavy atom. The van der Waals surface area contributed by atoms with E-state index in [1.807, 2.05) is 9.80 Å². The molecule has 37 heavy (non-hydrogen) atoms. The lowest BCUT2D eigenvalue weighted by Crippen LogP contribution is -2.53. The van der Waals surface area contributed by atoms with Crippen molar-refractivity contribution in [1.82, 2.24) is 29.8 Å². The summed E-state index contributed by atoms with van der Waals surface area (Å²) in [6.45, 7) is 6.68. The number of rotatable bonds is 12. The normalized spacial score (nSPS) is 19.9. The van der Waals surface area contributed by atoms with Crippen LogP contribution in [-0.4, -0.2) is 167 Å². The summed E-state index contributed by atoms with van der Waals surface area (Å²) in [6, 6.07) is -0.230. The molecule has 1 atom stereocenters. The van der Waals surface area contributed by atoms with Gasteiger partial charge in [-0.25, -0.2) is 0 Å². The fourth-order valence-electron chi connectivity index (χ4n) is 4.42. The minimum atomic E-state index is -0.951. The summed E-state index contributed by atoms with van der Waals surface area (Å²) in [7, 11) is 0. The van der Waals surface area contributed by atoms with Crippen molar-refractivity contribution in [3.8, 4) is 0 Å². The predicted octanol–water partition coefficient (Wildman–Crippen LogP) is -2.41. The van der Waals surface area contributed by atoms with E-state index in [-0.39, 0.29) is 50.5 Å². The highest BCUT2D eigenvalue weighted by molar-refractivity contribution is 5.79. The third-order valence-corrected chi connectivity index (χ3v) is 6.56. The molecule has 14 nitrogen and oxygen atoms in total. The first-order valence-electron chi connectivity index (χ1n) is 12.6. The van der Waals surface area contributed by atoms with Crippen molar-refractivity contribution in [2.24, 2.45) is 0 Å². The number of carboxylic acid groups (broad SMARTS) is 3. The van der Waals surface area contributed by atoms with Crippen LogP contribution in [0.5, 0.6) is 0 Å². The molecule has 0 aliphatic carbocycles. The maximum Gasteiger partial charge on any atom is 0.317 e. The molecule has 0 aromatic heterocycles. The van der Waals surface area contributed by atoms with Crippen LogP contribution in [0.1, 0.15) is 19.8 Å². The first kappa shape index (κ1) is 30.4. The molecule has 4 N–H and O–H groups in total. The molecule has 0 bridgehead atoms. The number of nitrogens with zero attached hydrogens (tertiary/aromatic N) is 5. The molecule has 2 fully saturated rings. The first-order valence-corrected chi connectivity index (χ1v) is 12.6. The van der Waals surface area contributed by atoms with Gasteiger partial charge in [-0.05, 0) is 13.3 Å². The number of carboxylic acids is 3. The number of carbonyl (C=O) groups is 5. The van der Waals surface area contributed by atoms with Gasteiger partial charge in [0.2, 0.25) is 11.8 Å². The maximum atomic E-state index is 13.0. The number of piperazine rings is 1. The number of carbonyl (C=O) groups excluding carboxylic acids is 2. The highest BCUT2D eigenvalue weighted by atomic mass is 16.4. The standard InChI is InChI=1S/C23H40N6O8/c1-18(2-3-21(32)33)24-19(30)14-25-10-12-29(13-11-25)20(31)15-26-4-6-27(16-22(34)35)8-9-28(7-5-26)17-23(36)37/h18H,2-17H2,1H3,(H,24,30)(H,32,33)(H,34,35)(H,36,37). The Morgan fingerprint density at radius 2 is 1.03 bits per heavy atom. The summed E-state index contributed by atoms with van der Waals surface area (Å²) >= 11 is 0. The average Bonchev–Trinajstić information content (AvgIpc) is 2.89. The molecular weight excluding hydrogens is 488 g/mol. The minimum Gasteiger partial charge on any atom is -0.481 e. The quantitative estimate of drug-likeness (QED) is 0.212. The molecule has 2 saturated heterocycles. The maximum absolute atomic E-state index is 13.0. The van der Waals surface area contributed by atoms with Crippen molar-refractivity contribution in [2.45, 2.75) is 25.8 Å². The summed E-state index contributed by atoms with van der Waals surface area (Å²) in [4.78, 5) is 67.5. The SMILES string of the molecule is CC(CCC(=O)O)NC(=O)CN1CCN(C(=O)CN2CCN(CC(=O)O)CCN(CC(=O)O)CC2)CC1. The molecule has 0 aromatic carbocycles. The van der Waals surface area contributed by atoms with E-state index in [1.165, 1.54) is 0 Å². The van der Waals surface area contributed by atoms with Gasteiger partial charge in [0, 0.05) is 77.9 Å². The third kappa shape index (κ3) is 12.3. The van der Waals surface area contributed by atoms with Gasteiger partial charge in [0.25, 0.3) is 0 Å². The van der Waals surface area contributed by atoms with Gasteiger partial charge in [0.05, 0.1) is 26.2 Å². The zero-order chi connectivity index (χ0) is 27.4. The van der Waals surface area contributed by atoms with Crippen LogP contribution in [-0.2, 0) is 24.0 Å². The summed E-state index contributed by atoms with van der Waals surface area (Å²) in [5.74, 6) is -3.03. The van der Waals surface area contributed by atoms with E-state index in [4.69, 9.17) is 5.11 Å². The van der Waals surface area contributed by atoms with Crippen LogP contribution in [0.4, 0.5) is 0 Å². The summed E-state index contributed by atoms with van der Waals surface area (Å²) in [5, 5.41) is 29.9. The van der Waals surface area contributed by atoms with E-state index in [9.17, 15) is 34.2 Å². The minimum absolute atomic E-state index is 0.00552. The number of hydrogen-bond acceptors (Lipinski definition) is 9. The van der Waals surface area contributed by atoms with E-state index in [2.05, 4.69) is 5.32 Å². The summed E-state index contributed by atoms with van der Waals surface area (Å²) in [5.41, 5.74) is 0. The van der Waals surface area contributed by atoms with E-state index >= 15 is 0 Å². The number of hydrogen-bond donors (Lipinski definition) is 4. The highest BCUT2D eigenvalue weighted by Crippen LogP contribution is 2.06. The van der Waals surface area contributed by atoms with Crippen LogP contribution < -0.4 is 5.32 Å². The highest BCUT2D eigenvalue weighted by Gasteiger charge is 2.26. The molecule has 0 aromatic rings. The Kier molecular flexibility index (Phi) is 12.7. The smallest absolute Gasteiger partial charge is 0.317 e. The van der Waals surface area contributed by atoms with Gasteiger partial charge in [-0.2, -0.15) is 0 Å². The number of amides is 2. The van der Waals surface area contributed by atoms with Crippen LogP contribution in [0.25, 0.3) is 0 Å². The molecule has 2 heterocycles. The van der Waals surface area contributed by atoms with Crippen molar-refractivity contribution in [1.29, 1.82) is 0 Å². The van der Waals surface area contributed by atoms with Crippen molar-refractivity contribution in [3.63, 3.8) is 0 Å². The zero-order valence-corrected chi connectivity index (χ0v) is 21.5. The Balaban J connectivity index is 1.82. The Bertz CT molecular complexity index is 776. The van der Waals surface area contributed by atoms with Gasteiger partial charge in [0.15, 0.2) is 0 Å². The molecule has 0 saturated carbocycles. The Morgan fingerprint density at radius 3 is 1.46 bits per heavy atom. The van der Waals surface area contributed by atoms with E-state index < -0.39 is 17.9 Å². The molecule has 2 aliphatic heterocycles. The molecule has 0 radical (unpaired) electrons. The second kappa shape index (κ2) is 15.4. The summed E-state index contributed by atoms with van der Waals surface area (Å²) in [6.07, 6.45) is 0.358. The Labute approximate surface area is 216 Å². The van der Waals surface area contributed by atoms with E-state index in [0.29, 0.717) is 71.9 Å². The molecule has 1 unspecified atom stereocenters. The van der Waals surface area contributed by atoms with Crippen LogP contribution in [0.2, 0.25) is 0 Å².